The number of amides is 5. The van der Waals surface area contributed by atoms with Gasteiger partial charge in [0.05, 0.1) is 12.5 Å². The minimum atomic E-state index is -1.50. The van der Waals surface area contributed by atoms with E-state index in [1.165, 1.54) is 11.8 Å². The Morgan fingerprint density at radius 3 is 1.82 bits per heavy atom. The van der Waals surface area contributed by atoms with Gasteiger partial charge in [0.1, 0.15) is 18.1 Å². The van der Waals surface area contributed by atoms with Crippen molar-refractivity contribution in [1.82, 2.24) is 16.0 Å². The molecule has 0 bridgehead atoms. The number of rotatable bonds is 17. The molecule has 0 saturated heterocycles. The highest BCUT2D eigenvalue weighted by molar-refractivity contribution is 7.98. The van der Waals surface area contributed by atoms with Gasteiger partial charge in [0.25, 0.3) is 0 Å². The second-order valence-electron chi connectivity index (χ2n) is 8.21. The molecule has 0 fully saturated rings. The summed E-state index contributed by atoms with van der Waals surface area (Å²) in [6, 6.07) is -4.87. The third-order valence-electron chi connectivity index (χ3n) is 4.64. The molecule has 0 heterocycles. The van der Waals surface area contributed by atoms with Gasteiger partial charge in [-0.05, 0) is 37.2 Å². The molecule has 34 heavy (non-hydrogen) atoms. The van der Waals surface area contributed by atoms with E-state index in [1.807, 2.05) is 20.1 Å². The summed E-state index contributed by atoms with van der Waals surface area (Å²) in [5.41, 5.74) is 16.1. The third-order valence-corrected chi connectivity index (χ3v) is 5.29. The summed E-state index contributed by atoms with van der Waals surface area (Å²) in [6.07, 6.45) is 1.28. The Morgan fingerprint density at radius 1 is 0.824 bits per heavy atom. The van der Waals surface area contributed by atoms with Crippen LogP contribution >= 0.6 is 11.8 Å². The van der Waals surface area contributed by atoms with E-state index in [1.54, 1.807) is 0 Å². The molecule has 4 unspecified atom stereocenters. The molecule has 0 aromatic rings. The van der Waals surface area contributed by atoms with Gasteiger partial charge in [-0.3, -0.25) is 24.0 Å². The number of carboxylic acids is 1. The van der Waals surface area contributed by atoms with Crippen LogP contribution in [0.25, 0.3) is 0 Å². The molecule has 4 atom stereocenters. The van der Waals surface area contributed by atoms with Gasteiger partial charge in [0.2, 0.25) is 29.5 Å². The summed E-state index contributed by atoms with van der Waals surface area (Å²) in [7, 11) is 0. The van der Waals surface area contributed by atoms with E-state index >= 15 is 0 Å². The fourth-order valence-electron chi connectivity index (χ4n) is 2.86. The second kappa shape index (κ2) is 15.9. The van der Waals surface area contributed by atoms with Gasteiger partial charge in [0.15, 0.2) is 0 Å². The average Bonchev–Trinajstić information content (AvgIpc) is 2.72. The van der Waals surface area contributed by atoms with E-state index in [0.29, 0.717) is 12.2 Å². The number of aliphatic carboxylic acids is 1. The van der Waals surface area contributed by atoms with Crippen LogP contribution in [0.3, 0.4) is 0 Å². The van der Waals surface area contributed by atoms with E-state index < -0.39 is 66.1 Å². The maximum Gasteiger partial charge on any atom is 0.326 e. The van der Waals surface area contributed by atoms with E-state index in [9.17, 15) is 33.9 Å². The molecule has 0 aromatic heterocycles. The highest BCUT2D eigenvalue weighted by Crippen LogP contribution is 2.08. The van der Waals surface area contributed by atoms with Gasteiger partial charge in [-0.15, -0.1) is 0 Å². The largest absolute Gasteiger partial charge is 0.480 e. The Hall–Kier alpha value is -2.87. The van der Waals surface area contributed by atoms with Crippen LogP contribution in [0.15, 0.2) is 0 Å². The number of nitrogens with one attached hydrogen (secondary N) is 3. The first-order valence-electron chi connectivity index (χ1n) is 10.7. The van der Waals surface area contributed by atoms with Gasteiger partial charge in [-0.1, -0.05) is 13.8 Å². The molecule has 0 aliphatic carbocycles. The van der Waals surface area contributed by atoms with Gasteiger partial charge >= 0.3 is 5.97 Å². The lowest BCUT2D eigenvalue weighted by molar-refractivity contribution is -0.142. The van der Waals surface area contributed by atoms with Crippen molar-refractivity contribution < 1.29 is 33.9 Å². The van der Waals surface area contributed by atoms with E-state index in [-0.39, 0.29) is 25.2 Å². The third kappa shape index (κ3) is 13.0. The van der Waals surface area contributed by atoms with E-state index in [0.717, 1.165) is 0 Å². The highest BCUT2D eigenvalue weighted by Gasteiger charge is 2.31. The van der Waals surface area contributed by atoms with Gasteiger partial charge in [-0.2, -0.15) is 11.8 Å². The van der Waals surface area contributed by atoms with Crippen LogP contribution in [0.1, 0.15) is 46.0 Å². The second-order valence-corrected chi connectivity index (χ2v) is 9.20. The maximum absolute atomic E-state index is 12.9. The fourth-order valence-corrected chi connectivity index (χ4v) is 3.35. The van der Waals surface area contributed by atoms with Crippen molar-refractivity contribution in [3.63, 3.8) is 0 Å². The van der Waals surface area contributed by atoms with Crippen LogP contribution in [0.5, 0.6) is 0 Å². The summed E-state index contributed by atoms with van der Waals surface area (Å²) < 4.78 is 0. The Labute approximate surface area is 202 Å². The highest BCUT2D eigenvalue weighted by atomic mass is 32.2. The lowest BCUT2D eigenvalue weighted by atomic mass is 10.0. The lowest BCUT2D eigenvalue weighted by Gasteiger charge is -2.25. The summed E-state index contributed by atoms with van der Waals surface area (Å²) in [6.45, 7) is 3.65. The molecule has 13 nitrogen and oxygen atoms in total. The zero-order valence-electron chi connectivity index (χ0n) is 19.7. The topological polar surface area (TPSA) is 237 Å². The van der Waals surface area contributed by atoms with Crippen LogP contribution in [0.4, 0.5) is 0 Å². The quantitative estimate of drug-likeness (QED) is 0.113. The van der Waals surface area contributed by atoms with Crippen molar-refractivity contribution in [3.05, 3.63) is 0 Å². The first-order chi connectivity index (χ1) is 15.8. The number of thioether (sulfide) groups is 1. The zero-order chi connectivity index (χ0) is 26.4. The van der Waals surface area contributed by atoms with Crippen molar-refractivity contribution in [2.75, 3.05) is 12.0 Å². The van der Waals surface area contributed by atoms with Crippen LogP contribution in [-0.2, 0) is 28.8 Å². The monoisotopic (exact) mass is 504 g/mol. The minimum absolute atomic E-state index is 0.0212. The van der Waals surface area contributed by atoms with Crippen LogP contribution in [0.2, 0.25) is 0 Å². The first kappa shape index (κ1) is 31.1. The number of carbonyl (C=O) groups excluding carboxylic acids is 5. The van der Waals surface area contributed by atoms with E-state index in [2.05, 4.69) is 16.0 Å². The first-order valence-corrected chi connectivity index (χ1v) is 12.1. The van der Waals surface area contributed by atoms with Gasteiger partial charge in [0, 0.05) is 6.42 Å². The van der Waals surface area contributed by atoms with Crippen LogP contribution in [-0.4, -0.2) is 76.8 Å². The Bertz CT molecular complexity index is 749. The molecule has 0 saturated carbocycles. The van der Waals surface area contributed by atoms with Crippen LogP contribution < -0.4 is 33.2 Å². The molecular weight excluding hydrogens is 468 g/mol. The molecule has 0 aliphatic heterocycles. The normalized spacial score (nSPS) is 14.4. The maximum atomic E-state index is 12.9. The zero-order valence-corrected chi connectivity index (χ0v) is 20.5. The predicted molar refractivity (Wildman–Crippen MR) is 126 cm³/mol. The number of primary amides is 2. The number of hydrogen-bond donors (Lipinski definition) is 7. The molecule has 0 rings (SSSR count). The van der Waals surface area contributed by atoms with Crippen molar-refractivity contribution in [2.24, 2.45) is 23.1 Å². The molecule has 0 spiro atoms. The van der Waals surface area contributed by atoms with Crippen LogP contribution in [0, 0.1) is 5.92 Å². The number of carbonyl (C=O) groups is 6. The fraction of sp³-hybridized carbons (Fsp3) is 0.700. The van der Waals surface area contributed by atoms with Crippen molar-refractivity contribution in [1.29, 1.82) is 0 Å². The van der Waals surface area contributed by atoms with E-state index in [4.69, 9.17) is 17.2 Å². The molecular formula is C20H36N6O7S. The molecule has 0 aliphatic rings. The molecule has 14 heteroatoms. The standard InChI is InChI=1S/C20H36N6O7S/c1-10(2)8-13(25-17(29)11(21)6-7-34-3)18(30)26-14(9-16(23)28)19(31)24-12(20(32)33)4-5-15(22)27/h10-14H,4-9,21H2,1-3H3,(H2,22,27)(H2,23,28)(H,24,31)(H,25,29)(H,26,30)(H,32,33). The van der Waals surface area contributed by atoms with Crippen molar-refractivity contribution in [2.45, 2.75) is 70.1 Å². The summed E-state index contributed by atoms with van der Waals surface area (Å²) in [5.74, 6) is -4.77. The minimum Gasteiger partial charge on any atom is -0.480 e. The molecule has 0 aromatic carbocycles. The predicted octanol–water partition coefficient (Wildman–Crippen LogP) is -2.21. The Morgan fingerprint density at radius 2 is 1.35 bits per heavy atom. The molecule has 10 N–H and O–H groups in total. The number of carboxylic acid groups (broad SMARTS) is 1. The summed E-state index contributed by atoms with van der Waals surface area (Å²) in [5, 5.41) is 16.4. The Balaban J connectivity index is 5.48. The van der Waals surface area contributed by atoms with Gasteiger partial charge < -0.3 is 38.3 Å². The Kier molecular flexibility index (Phi) is 14.5. The smallest absolute Gasteiger partial charge is 0.326 e. The van der Waals surface area contributed by atoms with Crippen molar-refractivity contribution in [3.8, 4) is 0 Å². The molecule has 194 valence electrons. The lowest BCUT2D eigenvalue weighted by Crippen LogP contribution is -2.58. The molecule has 5 amide bonds. The van der Waals surface area contributed by atoms with Gasteiger partial charge in [-0.25, -0.2) is 4.79 Å². The number of hydrogen-bond acceptors (Lipinski definition) is 8. The molecule has 0 radical (unpaired) electrons. The average molecular weight is 505 g/mol. The SMILES string of the molecule is CSCCC(N)C(=O)NC(CC(C)C)C(=O)NC(CC(N)=O)C(=O)NC(CCC(N)=O)C(=O)O. The number of nitrogens with two attached hydrogens (primary N) is 3. The summed E-state index contributed by atoms with van der Waals surface area (Å²) >= 11 is 1.52. The van der Waals surface area contributed by atoms with Crippen molar-refractivity contribution >= 4 is 47.3 Å². The summed E-state index contributed by atoms with van der Waals surface area (Å²) in [4.78, 5) is 71.8.